The summed E-state index contributed by atoms with van der Waals surface area (Å²) in [7, 11) is -3.67. The van der Waals surface area contributed by atoms with Crippen LogP contribution < -0.4 is 10.6 Å². The number of carbonyl (C=O) groups excluding carboxylic acids is 1. The molecule has 1 aromatic rings. The Kier molecular flexibility index (Phi) is 4.48. The number of amides is 1. The molecule has 3 heterocycles. The maximum absolute atomic E-state index is 12.9. The van der Waals surface area contributed by atoms with Gasteiger partial charge in [-0.1, -0.05) is 12.1 Å². The predicted molar refractivity (Wildman–Crippen MR) is 98.5 cm³/mol. The molecule has 0 spiro atoms. The molecule has 3 aliphatic rings. The van der Waals surface area contributed by atoms with Gasteiger partial charge in [-0.2, -0.15) is 8.42 Å². The van der Waals surface area contributed by atoms with Gasteiger partial charge in [-0.05, 0) is 51.3 Å². The minimum absolute atomic E-state index is 0.0221. The van der Waals surface area contributed by atoms with E-state index in [4.69, 9.17) is 0 Å². The molecule has 4 rings (SSSR count). The monoisotopic (exact) mass is 376 g/mol. The smallest absolute Gasteiger partial charge is 0.285 e. The zero-order valence-electron chi connectivity index (χ0n) is 14.8. The molecule has 1 aromatic carbocycles. The number of carbonyl (C=O) groups is 1. The second kappa shape index (κ2) is 6.66. The summed E-state index contributed by atoms with van der Waals surface area (Å²) in [6.07, 6.45) is 3.40. The van der Waals surface area contributed by atoms with E-state index >= 15 is 0 Å². The van der Waals surface area contributed by atoms with E-state index in [1.165, 1.54) is 0 Å². The molecule has 2 fully saturated rings. The second-order valence-electron chi connectivity index (χ2n) is 7.32. The predicted octanol–water partition coefficient (Wildman–Crippen LogP) is 0.857. The molecule has 0 saturated carbocycles. The molecule has 0 aromatic heterocycles. The number of nitrogens with zero attached hydrogens (tertiary/aromatic N) is 2. The summed E-state index contributed by atoms with van der Waals surface area (Å²) < 4.78 is 28.6. The molecule has 7 nitrogen and oxygen atoms in total. The largest absolute Gasteiger partial charge is 0.351 e. The SMILES string of the molecule is CC1CC(NC(=O)C2CCCN2C2=NS(=O)(=O)c3ccccc32)CCN1. The molecule has 2 saturated heterocycles. The number of sulfonamides is 1. The number of benzene rings is 1. The van der Waals surface area contributed by atoms with Gasteiger partial charge >= 0.3 is 0 Å². The van der Waals surface area contributed by atoms with E-state index in [1.54, 1.807) is 24.3 Å². The van der Waals surface area contributed by atoms with Crippen LogP contribution in [0.2, 0.25) is 0 Å². The standard InChI is InChI=1S/C18H24N4O3S/c1-12-11-13(8-9-19-12)20-18(23)15-6-4-10-22(15)17-14-5-2-3-7-16(14)26(24,25)21-17/h2-3,5,7,12-13,15,19H,4,6,8-11H2,1H3,(H,20,23). The Morgan fingerprint density at radius 2 is 2.12 bits per heavy atom. The molecular weight excluding hydrogens is 352 g/mol. The third kappa shape index (κ3) is 3.12. The van der Waals surface area contributed by atoms with Crippen LogP contribution in [0, 0.1) is 0 Å². The molecule has 3 aliphatic heterocycles. The first-order valence-corrected chi connectivity index (χ1v) is 10.6. The summed E-state index contributed by atoms with van der Waals surface area (Å²) >= 11 is 0. The Balaban J connectivity index is 1.55. The maximum Gasteiger partial charge on any atom is 0.285 e. The zero-order chi connectivity index (χ0) is 18.3. The van der Waals surface area contributed by atoms with E-state index in [2.05, 4.69) is 22.0 Å². The molecule has 0 radical (unpaired) electrons. The van der Waals surface area contributed by atoms with Crippen molar-refractivity contribution in [3.05, 3.63) is 29.8 Å². The molecule has 0 aliphatic carbocycles. The first-order chi connectivity index (χ1) is 12.5. The lowest BCUT2D eigenvalue weighted by atomic mass is 10.00. The fourth-order valence-corrected chi connectivity index (χ4v) is 5.37. The molecule has 3 atom stereocenters. The molecule has 0 bridgehead atoms. The lowest BCUT2D eigenvalue weighted by molar-refractivity contribution is -0.125. The van der Waals surface area contributed by atoms with Gasteiger partial charge in [0.25, 0.3) is 10.0 Å². The Morgan fingerprint density at radius 1 is 1.31 bits per heavy atom. The highest BCUT2D eigenvalue weighted by molar-refractivity contribution is 7.90. The number of hydrogen-bond acceptors (Lipinski definition) is 5. The van der Waals surface area contributed by atoms with Crippen molar-refractivity contribution >= 4 is 21.8 Å². The quantitative estimate of drug-likeness (QED) is 0.799. The van der Waals surface area contributed by atoms with Crippen molar-refractivity contribution in [1.82, 2.24) is 15.5 Å². The minimum atomic E-state index is -3.67. The third-order valence-corrected chi connectivity index (χ3v) is 6.74. The third-order valence-electron chi connectivity index (χ3n) is 5.41. The van der Waals surface area contributed by atoms with Gasteiger partial charge < -0.3 is 15.5 Å². The first kappa shape index (κ1) is 17.5. The van der Waals surface area contributed by atoms with Crippen LogP contribution in [0.15, 0.2) is 33.6 Å². The number of piperidine rings is 1. The average molecular weight is 376 g/mol. The van der Waals surface area contributed by atoms with Crippen LogP contribution in [-0.4, -0.2) is 56.3 Å². The molecule has 2 N–H and O–H groups in total. The maximum atomic E-state index is 12.9. The number of hydrogen-bond donors (Lipinski definition) is 2. The van der Waals surface area contributed by atoms with Crippen molar-refractivity contribution in [2.45, 2.75) is 55.6 Å². The fraction of sp³-hybridized carbons (Fsp3) is 0.556. The summed E-state index contributed by atoms with van der Waals surface area (Å²) in [5, 5.41) is 6.55. The molecular formula is C18H24N4O3S. The van der Waals surface area contributed by atoms with Crippen LogP contribution in [0.5, 0.6) is 0 Å². The second-order valence-corrected chi connectivity index (χ2v) is 8.90. The van der Waals surface area contributed by atoms with Crippen molar-refractivity contribution in [1.29, 1.82) is 0 Å². The van der Waals surface area contributed by atoms with E-state index < -0.39 is 10.0 Å². The topological polar surface area (TPSA) is 90.9 Å². The molecule has 26 heavy (non-hydrogen) atoms. The van der Waals surface area contributed by atoms with Crippen LogP contribution in [0.3, 0.4) is 0 Å². The summed E-state index contributed by atoms with van der Waals surface area (Å²) in [4.78, 5) is 15.0. The van der Waals surface area contributed by atoms with Crippen LogP contribution >= 0.6 is 0 Å². The van der Waals surface area contributed by atoms with E-state index in [9.17, 15) is 13.2 Å². The van der Waals surface area contributed by atoms with Crippen LogP contribution in [0.1, 0.15) is 38.2 Å². The fourth-order valence-electron chi connectivity index (χ4n) is 4.15. The average Bonchev–Trinajstić information content (AvgIpc) is 3.18. The van der Waals surface area contributed by atoms with Crippen molar-refractivity contribution in [2.24, 2.45) is 4.40 Å². The number of amidine groups is 1. The van der Waals surface area contributed by atoms with E-state index in [0.717, 1.165) is 25.8 Å². The Hall–Kier alpha value is -1.93. The zero-order valence-corrected chi connectivity index (χ0v) is 15.6. The van der Waals surface area contributed by atoms with Crippen molar-refractivity contribution < 1.29 is 13.2 Å². The van der Waals surface area contributed by atoms with Gasteiger partial charge in [0, 0.05) is 24.2 Å². The Labute approximate surface area is 153 Å². The summed E-state index contributed by atoms with van der Waals surface area (Å²) in [6.45, 7) is 3.66. The molecule has 8 heteroatoms. The van der Waals surface area contributed by atoms with Crippen LogP contribution in [0.25, 0.3) is 0 Å². The highest BCUT2D eigenvalue weighted by Crippen LogP contribution is 2.31. The van der Waals surface area contributed by atoms with Crippen molar-refractivity contribution in [3.63, 3.8) is 0 Å². The molecule has 3 unspecified atom stereocenters. The van der Waals surface area contributed by atoms with E-state index in [1.807, 2.05) is 4.90 Å². The lowest BCUT2D eigenvalue weighted by Gasteiger charge is -2.31. The van der Waals surface area contributed by atoms with Gasteiger partial charge in [0.1, 0.15) is 10.9 Å². The number of fused-ring (bicyclic) bond motifs is 1. The van der Waals surface area contributed by atoms with E-state index in [0.29, 0.717) is 30.4 Å². The van der Waals surface area contributed by atoms with Gasteiger partial charge in [0.2, 0.25) is 5.91 Å². The van der Waals surface area contributed by atoms with Crippen LogP contribution in [0.4, 0.5) is 0 Å². The number of nitrogens with one attached hydrogen (secondary N) is 2. The van der Waals surface area contributed by atoms with Gasteiger partial charge in [-0.25, -0.2) is 0 Å². The number of rotatable bonds is 2. The highest BCUT2D eigenvalue weighted by Gasteiger charge is 2.39. The van der Waals surface area contributed by atoms with Gasteiger partial charge in [0.05, 0.1) is 0 Å². The minimum Gasteiger partial charge on any atom is -0.351 e. The first-order valence-electron chi connectivity index (χ1n) is 9.20. The Bertz CT molecular complexity index is 852. The summed E-state index contributed by atoms with van der Waals surface area (Å²) in [5.41, 5.74) is 0.600. The van der Waals surface area contributed by atoms with Gasteiger partial charge in [0.15, 0.2) is 5.84 Å². The highest BCUT2D eigenvalue weighted by atomic mass is 32.2. The Morgan fingerprint density at radius 3 is 2.92 bits per heavy atom. The number of likely N-dealkylation sites (tertiary alicyclic amines) is 1. The van der Waals surface area contributed by atoms with Crippen molar-refractivity contribution in [2.75, 3.05) is 13.1 Å². The van der Waals surface area contributed by atoms with E-state index in [-0.39, 0.29) is 22.9 Å². The summed E-state index contributed by atoms with van der Waals surface area (Å²) in [6, 6.07) is 7.04. The van der Waals surface area contributed by atoms with Gasteiger partial charge in [-0.15, -0.1) is 4.40 Å². The van der Waals surface area contributed by atoms with Crippen LogP contribution in [-0.2, 0) is 14.8 Å². The summed E-state index contributed by atoms with van der Waals surface area (Å²) in [5.74, 6) is 0.392. The van der Waals surface area contributed by atoms with Crippen molar-refractivity contribution in [3.8, 4) is 0 Å². The normalized spacial score (nSPS) is 30.0. The molecule has 140 valence electrons. The van der Waals surface area contributed by atoms with Gasteiger partial charge in [-0.3, -0.25) is 4.79 Å². The molecule has 1 amide bonds. The lowest BCUT2D eigenvalue weighted by Crippen LogP contribution is -2.52.